The van der Waals surface area contributed by atoms with E-state index in [4.69, 9.17) is 0 Å². The fourth-order valence-electron chi connectivity index (χ4n) is 1.81. The van der Waals surface area contributed by atoms with Crippen LogP contribution in [-0.4, -0.2) is 29.1 Å². The number of nitrogens with zero attached hydrogens (tertiary/aromatic N) is 3. The van der Waals surface area contributed by atoms with Crippen molar-refractivity contribution < 1.29 is 0 Å². The van der Waals surface area contributed by atoms with Crippen molar-refractivity contribution in [1.82, 2.24) is 15.3 Å². The van der Waals surface area contributed by atoms with Crippen molar-refractivity contribution in [2.45, 2.75) is 52.2 Å². The van der Waals surface area contributed by atoms with Gasteiger partial charge < -0.3 is 10.2 Å². The molecule has 1 saturated carbocycles. The lowest BCUT2D eigenvalue weighted by molar-refractivity contribution is 0.502. The van der Waals surface area contributed by atoms with Gasteiger partial charge in [-0.15, -0.1) is 0 Å². The highest BCUT2D eigenvalue weighted by Gasteiger charge is 2.20. The monoisotopic (exact) mass is 248 g/mol. The molecule has 1 aliphatic carbocycles. The minimum atomic E-state index is 0.467. The first-order valence-electron chi connectivity index (χ1n) is 6.85. The molecule has 0 aliphatic heterocycles. The van der Waals surface area contributed by atoms with Gasteiger partial charge in [-0.2, -0.15) is 0 Å². The quantitative estimate of drug-likeness (QED) is 0.838. The van der Waals surface area contributed by atoms with E-state index in [1.807, 2.05) is 12.4 Å². The molecular weight excluding hydrogens is 224 g/mol. The van der Waals surface area contributed by atoms with Crippen molar-refractivity contribution in [2.24, 2.45) is 5.92 Å². The van der Waals surface area contributed by atoms with E-state index in [0.29, 0.717) is 12.0 Å². The summed E-state index contributed by atoms with van der Waals surface area (Å²) in [6, 6.07) is 1.19. The average molecular weight is 248 g/mol. The topological polar surface area (TPSA) is 41.1 Å². The molecule has 2 rings (SSSR count). The van der Waals surface area contributed by atoms with Crippen LogP contribution in [0.1, 0.15) is 39.3 Å². The van der Waals surface area contributed by atoms with Crippen molar-refractivity contribution in [3.8, 4) is 0 Å². The number of nitrogens with one attached hydrogen (secondary N) is 1. The summed E-state index contributed by atoms with van der Waals surface area (Å²) in [6.45, 7) is 7.50. The molecule has 4 nitrogen and oxygen atoms in total. The van der Waals surface area contributed by atoms with E-state index < -0.39 is 0 Å². The third-order valence-electron chi connectivity index (χ3n) is 3.78. The second-order valence-corrected chi connectivity index (χ2v) is 5.62. The molecule has 4 heteroatoms. The van der Waals surface area contributed by atoms with Crippen LogP contribution in [0.5, 0.6) is 0 Å². The third-order valence-corrected chi connectivity index (χ3v) is 3.78. The second kappa shape index (κ2) is 5.65. The predicted molar refractivity (Wildman–Crippen MR) is 74.6 cm³/mol. The molecule has 18 heavy (non-hydrogen) atoms. The molecule has 0 radical (unpaired) electrons. The zero-order valence-electron chi connectivity index (χ0n) is 11.8. The van der Waals surface area contributed by atoms with Gasteiger partial charge in [0.2, 0.25) is 0 Å². The number of aromatic nitrogens is 2. The van der Waals surface area contributed by atoms with Gasteiger partial charge in [0, 0.05) is 25.7 Å². The van der Waals surface area contributed by atoms with Gasteiger partial charge in [-0.25, -0.2) is 4.98 Å². The minimum Gasteiger partial charge on any atom is -0.355 e. The maximum Gasteiger partial charge on any atom is 0.147 e. The SMILES string of the molecule is CC(C)C(C)N(C)c1cnc(CNC2CC2)cn1. The summed E-state index contributed by atoms with van der Waals surface area (Å²) < 4.78 is 0. The molecule has 0 saturated heterocycles. The van der Waals surface area contributed by atoms with Crippen molar-refractivity contribution >= 4 is 5.82 Å². The first-order valence-corrected chi connectivity index (χ1v) is 6.85. The Labute approximate surface area is 110 Å². The highest BCUT2D eigenvalue weighted by Crippen LogP contribution is 2.19. The molecule has 1 unspecified atom stereocenters. The van der Waals surface area contributed by atoms with Gasteiger partial charge in [0.1, 0.15) is 5.82 Å². The Morgan fingerprint density at radius 3 is 2.50 bits per heavy atom. The van der Waals surface area contributed by atoms with Crippen LogP contribution in [0.15, 0.2) is 12.4 Å². The average Bonchev–Trinajstić information content (AvgIpc) is 3.19. The lowest BCUT2D eigenvalue weighted by atomic mass is 10.1. The van der Waals surface area contributed by atoms with Gasteiger partial charge in [-0.3, -0.25) is 4.98 Å². The van der Waals surface area contributed by atoms with Crippen LogP contribution < -0.4 is 10.2 Å². The normalized spacial score (nSPS) is 16.9. The Kier molecular flexibility index (Phi) is 4.17. The Balaban J connectivity index is 1.93. The van der Waals surface area contributed by atoms with Crippen molar-refractivity contribution in [2.75, 3.05) is 11.9 Å². The fraction of sp³-hybridized carbons (Fsp3) is 0.714. The first kappa shape index (κ1) is 13.3. The summed E-state index contributed by atoms with van der Waals surface area (Å²) >= 11 is 0. The molecule has 1 aliphatic rings. The Morgan fingerprint density at radius 1 is 1.28 bits per heavy atom. The van der Waals surface area contributed by atoms with Gasteiger partial charge in [0.05, 0.1) is 18.1 Å². The van der Waals surface area contributed by atoms with Crippen LogP contribution in [0.25, 0.3) is 0 Å². The van der Waals surface area contributed by atoms with Gasteiger partial charge in [-0.05, 0) is 25.7 Å². The largest absolute Gasteiger partial charge is 0.355 e. The highest BCUT2D eigenvalue weighted by molar-refractivity contribution is 5.35. The van der Waals surface area contributed by atoms with E-state index in [1.54, 1.807) is 0 Å². The summed E-state index contributed by atoms with van der Waals surface area (Å²) in [5.41, 5.74) is 1.02. The van der Waals surface area contributed by atoms with E-state index in [-0.39, 0.29) is 0 Å². The van der Waals surface area contributed by atoms with Gasteiger partial charge in [0.25, 0.3) is 0 Å². The first-order chi connectivity index (χ1) is 8.58. The lowest BCUT2D eigenvalue weighted by Gasteiger charge is -2.28. The van der Waals surface area contributed by atoms with Crippen LogP contribution in [0, 0.1) is 5.92 Å². The molecule has 1 heterocycles. The molecule has 0 bridgehead atoms. The number of hydrogen-bond acceptors (Lipinski definition) is 4. The molecule has 1 aromatic heterocycles. The molecule has 0 amide bonds. The van der Waals surface area contributed by atoms with Gasteiger partial charge >= 0.3 is 0 Å². The van der Waals surface area contributed by atoms with Gasteiger partial charge in [-0.1, -0.05) is 13.8 Å². The summed E-state index contributed by atoms with van der Waals surface area (Å²) in [5, 5.41) is 3.45. The smallest absolute Gasteiger partial charge is 0.147 e. The Morgan fingerprint density at radius 2 is 2.00 bits per heavy atom. The predicted octanol–water partition coefficient (Wildman–Crippen LogP) is 2.21. The Bertz CT molecular complexity index is 370. The molecule has 0 aromatic carbocycles. The van der Waals surface area contributed by atoms with Crippen LogP contribution >= 0.6 is 0 Å². The number of rotatable bonds is 6. The molecule has 0 spiro atoms. The fourth-order valence-corrected chi connectivity index (χ4v) is 1.81. The zero-order valence-corrected chi connectivity index (χ0v) is 11.8. The van der Waals surface area contributed by atoms with E-state index in [0.717, 1.165) is 24.1 Å². The maximum absolute atomic E-state index is 4.50. The highest BCUT2D eigenvalue weighted by atomic mass is 15.2. The van der Waals surface area contributed by atoms with E-state index in [2.05, 4.69) is 48.0 Å². The minimum absolute atomic E-state index is 0.467. The molecule has 1 fully saturated rings. The zero-order chi connectivity index (χ0) is 13.1. The van der Waals surface area contributed by atoms with E-state index >= 15 is 0 Å². The summed E-state index contributed by atoms with van der Waals surface area (Å²) in [7, 11) is 2.08. The summed E-state index contributed by atoms with van der Waals surface area (Å²) in [5.74, 6) is 1.55. The second-order valence-electron chi connectivity index (χ2n) is 5.62. The van der Waals surface area contributed by atoms with Crippen molar-refractivity contribution in [3.63, 3.8) is 0 Å². The van der Waals surface area contributed by atoms with Crippen LogP contribution in [0.4, 0.5) is 5.82 Å². The Hall–Kier alpha value is -1.16. The lowest BCUT2D eigenvalue weighted by Crippen LogP contribution is -2.33. The number of hydrogen-bond donors (Lipinski definition) is 1. The standard InChI is InChI=1S/C14H24N4/c1-10(2)11(3)18(4)14-9-16-13(8-17-14)7-15-12-5-6-12/h8-12,15H,5-7H2,1-4H3. The summed E-state index contributed by atoms with van der Waals surface area (Å²) in [4.78, 5) is 11.2. The van der Waals surface area contributed by atoms with Gasteiger partial charge in [0.15, 0.2) is 0 Å². The van der Waals surface area contributed by atoms with Crippen molar-refractivity contribution in [3.05, 3.63) is 18.1 Å². The maximum atomic E-state index is 4.50. The molecular formula is C14H24N4. The third kappa shape index (κ3) is 3.42. The van der Waals surface area contributed by atoms with Crippen molar-refractivity contribution in [1.29, 1.82) is 0 Å². The molecule has 1 atom stereocenters. The van der Waals surface area contributed by atoms with Crippen LogP contribution in [0.3, 0.4) is 0 Å². The van der Waals surface area contributed by atoms with Crippen LogP contribution in [-0.2, 0) is 6.54 Å². The molecule has 100 valence electrons. The van der Waals surface area contributed by atoms with E-state index in [1.165, 1.54) is 12.8 Å². The molecule has 1 aromatic rings. The molecule has 1 N–H and O–H groups in total. The van der Waals surface area contributed by atoms with E-state index in [9.17, 15) is 0 Å². The van der Waals surface area contributed by atoms with Crippen LogP contribution in [0.2, 0.25) is 0 Å². The summed E-state index contributed by atoms with van der Waals surface area (Å²) in [6.07, 6.45) is 6.37. The number of anilines is 1.